The number of hydrogen-bond acceptors (Lipinski definition) is 2. The summed E-state index contributed by atoms with van der Waals surface area (Å²) in [6.07, 6.45) is 5.15. The summed E-state index contributed by atoms with van der Waals surface area (Å²) in [5.74, 6) is -1.31. The van der Waals surface area contributed by atoms with E-state index in [1.165, 1.54) is 31.1 Å². The molecule has 0 aromatic heterocycles. The summed E-state index contributed by atoms with van der Waals surface area (Å²) < 4.78 is 0. The van der Waals surface area contributed by atoms with Crippen molar-refractivity contribution in [2.45, 2.75) is 26.2 Å². The van der Waals surface area contributed by atoms with Crippen molar-refractivity contribution in [2.75, 3.05) is 0 Å². The summed E-state index contributed by atoms with van der Waals surface area (Å²) in [5.41, 5.74) is -0.0671. The SMILES string of the molecule is C=C[CH2-].O=C(O)c1ccccc1O.[CH2-]CCCC.[Ca+2]. The Kier molecular flexibility index (Phi) is 21.4. The van der Waals surface area contributed by atoms with Crippen LogP contribution in [0.2, 0.25) is 0 Å². The van der Waals surface area contributed by atoms with Gasteiger partial charge in [0.1, 0.15) is 11.3 Å². The number of unbranched alkanes of at least 4 members (excludes halogenated alkanes) is 2. The van der Waals surface area contributed by atoms with Crippen molar-refractivity contribution in [3.63, 3.8) is 0 Å². The minimum atomic E-state index is -1.11. The van der Waals surface area contributed by atoms with Gasteiger partial charge in [-0.3, -0.25) is 0 Å². The van der Waals surface area contributed by atoms with Crippen LogP contribution in [-0.2, 0) is 0 Å². The monoisotopic (exact) mass is 290 g/mol. The molecule has 0 aliphatic heterocycles. The molecule has 0 aliphatic carbocycles. The van der Waals surface area contributed by atoms with Crippen LogP contribution in [0.25, 0.3) is 0 Å². The number of carboxylic acid groups (broad SMARTS) is 1. The molecule has 1 aromatic rings. The zero-order chi connectivity index (χ0) is 14.4. The van der Waals surface area contributed by atoms with Crippen molar-refractivity contribution in [3.8, 4) is 5.75 Å². The normalized spacial score (nSPS) is 7.68. The molecule has 1 aromatic carbocycles. The van der Waals surface area contributed by atoms with Crippen LogP contribution >= 0.6 is 0 Å². The van der Waals surface area contributed by atoms with Crippen LogP contribution in [0.4, 0.5) is 0 Å². The summed E-state index contributed by atoms with van der Waals surface area (Å²) >= 11 is 0. The van der Waals surface area contributed by atoms with E-state index in [1.807, 2.05) is 0 Å². The molecule has 0 heterocycles. The van der Waals surface area contributed by atoms with E-state index in [9.17, 15) is 4.79 Å². The molecule has 0 spiro atoms. The van der Waals surface area contributed by atoms with Gasteiger partial charge in [-0.1, -0.05) is 31.9 Å². The van der Waals surface area contributed by atoms with Crippen molar-refractivity contribution >= 4 is 43.7 Å². The number of benzene rings is 1. The summed E-state index contributed by atoms with van der Waals surface area (Å²) in [7, 11) is 0. The Hall–Kier alpha value is -0.640. The second-order valence-corrected chi connectivity index (χ2v) is 3.32. The number of carbonyl (C=O) groups is 1. The molecule has 4 heteroatoms. The fourth-order valence-electron chi connectivity index (χ4n) is 0.904. The second-order valence-electron chi connectivity index (χ2n) is 3.32. The fraction of sp³-hybridized carbons (Fsp3) is 0.267. The van der Waals surface area contributed by atoms with E-state index in [4.69, 9.17) is 10.2 Å². The van der Waals surface area contributed by atoms with Gasteiger partial charge >= 0.3 is 43.7 Å². The molecule has 0 radical (unpaired) electrons. The summed E-state index contributed by atoms with van der Waals surface area (Å²) in [6.45, 7) is 12.3. The molecule has 0 saturated heterocycles. The zero-order valence-corrected chi connectivity index (χ0v) is 13.8. The Morgan fingerprint density at radius 3 is 2.11 bits per heavy atom. The molecule has 0 atom stereocenters. The maximum atomic E-state index is 10.3. The van der Waals surface area contributed by atoms with Crippen molar-refractivity contribution < 1.29 is 15.0 Å². The number of para-hydroxylation sites is 1. The van der Waals surface area contributed by atoms with Crippen LogP contribution in [0.5, 0.6) is 5.75 Å². The molecule has 0 saturated carbocycles. The molecule has 2 N–H and O–H groups in total. The summed E-state index contributed by atoms with van der Waals surface area (Å²) in [6, 6.07) is 5.81. The summed E-state index contributed by atoms with van der Waals surface area (Å²) in [4.78, 5) is 10.3. The molecule has 0 aliphatic rings. The number of aromatic carboxylic acids is 1. The minimum absolute atomic E-state index is 0. The quantitative estimate of drug-likeness (QED) is 0.659. The Morgan fingerprint density at radius 1 is 1.42 bits per heavy atom. The first-order valence-corrected chi connectivity index (χ1v) is 5.75. The Bertz CT molecular complexity index is 336. The Balaban J connectivity index is -0.000000243. The van der Waals surface area contributed by atoms with E-state index in [2.05, 4.69) is 27.4 Å². The van der Waals surface area contributed by atoms with E-state index in [-0.39, 0.29) is 49.1 Å². The van der Waals surface area contributed by atoms with Gasteiger partial charge in [0, 0.05) is 0 Å². The number of hydrogen-bond donors (Lipinski definition) is 2. The van der Waals surface area contributed by atoms with Gasteiger partial charge in [-0.2, -0.15) is 6.42 Å². The van der Waals surface area contributed by atoms with Crippen molar-refractivity contribution in [3.05, 3.63) is 56.3 Å². The average molecular weight is 290 g/mol. The van der Waals surface area contributed by atoms with E-state index < -0.39 is 5.97 Å². The van der Waals surface area contributed by atoms with Crippen LogP contribution < -0.4 is 0 Å². The maximum absolute atomic E-state index is 10.3. The van der Waals surface area contributed by atoms with Gasteiger partial charge in [0.25, 0.3) is 0 Å². The van der Waals surface area contributed by atoms with Crippen LogP contribution in [0.15, 0.2) is 36.9 Å². The van der Waals surface area contributed by atoms with Crippen LogP contribution in [0.3, 0.4) is 0 Å². The van der Waals surface area contributed by atoms with Gasteiger partial charge in [-0.25, -0.2) is 24.4 Å². The molecule has 3 nitrogen and oxygen atoms in total. The molecule has 102 valence electrons. The van der Waals surface area contributed by atoms with Crippen LogP contribution in [0.1, 0.15) is 36.5 Å². The summed E-state index contributed by atoms with van der Waals surface area (Å²) in [5, 5.41) is 17.3. The first kappa shape index (κ1) is 23.5. The van der Waals surface area contributed by atoms with Gasteiger partial charge in [0.2, 0.25) is 0 Å². The first-order chi connectivity index (χ1) is 8.54. The zero-order valence-electron chi connectivity index (χ0n) is 11.6. The van der Waals surface area contributed by atoms with Crippen LogP contribution in [0, 0.1) is 13.8 Å². The number of allylic oxidation sites excluding steroid dienone is 1. The van der Waals surface area contributed by atoms with E-state index in [0.717, 1.165) is 6.42 Å². The van der Waals surface area contributed by atoms with E-state index >= 15 is 0 Å². The Labute approximate surface area is 146 Å². The number of phenols is 1. The molecule has 0 fully saturated rings. The van der Waals surface area contributed by atoms with E-state index in [0.29, 0.717) is 0 Å². The van der Waals surface area contributed by atoms with Gasteiger partial charge < -0.3 is 17.1 Å². The average Bonchev–Trinajstić information content (AvgIpc) is 2.32. The third-order valence-corrected chi connectivity index (χ3v) is 1.74. The smallest absolute Gasteiger partial charge is 0.507 e. The topological polar surface area (TPSA) is 57.5 Å². The van der Waals surface area contributed by atoms with Gasteiger partial charge in [-0.15, -0.1) is 0 Å². The number of aromatic hydroxyl groups is 1. The predicted molar refractivity (Wildman–Crippen MR) is 81.3 cm³/mol. The van der Waals surface area contributed by atoms with Gasteiger partial charge in [-0.05, 0) is 12.1 Å². The molecule has 0 bridgehead atoms. The van der Waals surface area contributed by atoms with Crippen LogP contribution in [-0.4, -0.2) is 53.9 Å². The van der Waals surface area contributed by atoms with Gasteiger partial charge in [0.05, 0.1) is 0 Å². The third-order valence-electron chi connectivity index (χ3n) is 1.74. The standard InChI is InChI=1S/C7H6O3.C5H11.C3H5.Ca/c8-6-4-2-1-3-5(6)7(9)10;1-3-5-4-2;1-3-2;/h1-4,8H,(H,9,10);1,3-5H2,2H3;3H,1-2H2;/q;2*-1;+2. The minimum Gasteiger partial charge on any atom is -0.507 e. The van der Waals surface area contributed by atoms with Crippen molar-refractivity contribution in [1.82, 2.24) is 0 Å². The molecule has 0 unspecified atom stereocenters. The predicted octanol–water partition coefficient (Wildman–Crippen LogP) is 3.73. The van der Waals surface area contributed by atoms with Crippen molar-refractivity contribution in [2.24, 2.45) is 0 Å². The second kappa shape index (κ2) is 17.4. The molecule has 1 rings (SSSR count). The molecule has 0 amide bonds. The number of rotatable bonds is 3. The molecule has 19 heavy (non-hydrogen) atoms. The Morgan fingerprint density at radius 2 is 1.89 bits per heavy atom. The largest absolute Gasteiger partial charge is 2.00 e. The molecular formula is C15H22CaO3. The maximum Gasteiger partial charge on any atom is 2.00 e. The van der Waals surface area contributed by atoms with Gasteiger partial charge in [0.15, 0.2) is 0 Å². The van der Waals surface area contributed by atoms with Crippen molar-refractivity contribution in [1.29, 1.82) is 0 Å². The molecular weight excluding hydrogens is 268 g/mol. The third kappa shape index (κ3) is 15.3. The number of carboxylic acids is 1. The van der Waals surface area contributed by atoms with E-state index in [1.54, 1.807) is 12.1 Å². The first-order valence-electron chi connectivity index (χ1n) is 5.75. The fourth-order valence-corrected chi connectivity index (χ4v) is 0.904.